The van der Waals surface area contributed by atoms with Gasteiger partial charge >= 0.3 is 0 Å². The van der Waals surface area contributed by atoms with Crippen LogP contribution in [0.5, 0.6) is 0 Å². The van der Waals surface area contributed by atoms with Crippen LogP contribution in [0, 0.1) is 0 Å². The largest absolute Gasteiger partial charge is 0.312 e. The summed E-state index contributed by atoms with van der Waals surface area (Å²) in [6.45, 7) is 7.51. The van der Waals surface area contributed by atoms with Gasteiger partial charge in [0.1, 0.15) is 0 Å². The topological polar surface area (TPSA) is 6.48 Å². The van der Waals surface area contributed by atoms with Crippen LogP contribution in [0.2, 0.25) is 0 Å². The normalized spacial score (nSPS) is 6.00. The SMILES string of the molecule is C.C.C.C.C.CCC.CCN(C)C.CN(C)C. The van der Waals surface area contributed by atoms with E-state index in [9.17, 15) is 0 Å². The van der Waals surface area contributed by atoms with Crippen LogP contribution in [0.3, 0.4) is 0 Å². The second kappa shape index (κ2) is 56.5. The van der Waals surface area contributed by atoms with Crippen molar-refractivity contribution in [3.63, 3.8) is 0 Å². The van der Waals surface area contributed by atoms with Crippen molar-refractivity contribution in [3.8, 4) is 0 Å². The molecule has 0 amide bonds. The molecule has 0 atom stereocenters. The third kappa shape index (κ3) is 837. The van der Waals surface area contributed by atoms with Crippen molar-refractivity contribution in [3.05, 3.63) is 0 Å². The molecule has 0 fully saturated rings. The molecule has 0 saturated carbocycles. The molecule has 0 aliphatic carbocycles. The van der Waals surface area contributed by atoms with E-state index in [1.54, 1.807) is 0 Å². The Bertz CT molecular complexity index is 50.1. The van der Waals surface area contributed by atoms with E-state index in [0.29, 0.717) is 0 Å². The maximum Gasteiger partial charge on any atom is -0.00533 e. The highest BCUT2D eigenvalue weighted by Crippen LogP contribution is 1.63. The average Bonchev–Trinajstić information content (AvgIpc) is 1.88. The molecule has 0 aromatic carbocycles. The zero-order valence-corrected chi connectivity index (χ0v) is 10.3. The van der Waals surface area contributed by atoms with Gasteiger partial charge in [0.15, 0.2) is 0 Å². The van der Waals surface area contributed by atoms with Gasteiger partial charge in [0.2, 0.25) is 0 Å². The van der Waals surface area contributed by atoms with Gasteiger partial charge in [-0.3, -0.25) is 0 Å². The second-order valence-corrected chi connectivity index (χ2v) is 3.44. The zero-order valence-electron chi connectivity index (χ0n) is 10.3. The molecule has 0 radical (unpaired) electrons. The molecule has 2 nitrogen and oxygen atoms in total. The molecule has 0 saturated heterocycles. The molecule has 0 unspecified atom stereocenters. The first-order valence-corrected chi connectivity index (χ1v) is 4.67. The minimum absolute atomic E-state index is 0. The lowest BCUT2D eigenvalue weighted by Gasteiger charge is -2.00. The molecule has 0 heterocycles. The van der Waals surface area contributed by atoms with Crippen molar-refractivity contribution in [2.24, 2.45) is 0 Å². The predicted molar refractivity (Wildman–Crippen MR) is 93.5 cm³/mol. The minimum atomic E-state index is 0. The first-order chi connectivity index (χ1) is 5.42. The lowest BCUT2D eigenvalue weighted by molar-refractivity contribution is 0.434. The Kier molecular flexibility index (Phi) is 179. The van der Waals surface area contributed by atoms with Crippen molar-refractivity contribution in [1.29, 1.82) is 0 Å². The van der Waals surface area contributed by atoms with E-state index < -0.39 is 0 Å². The Morgan fingerprint density at radius 3 is 0.647 bits per heavy atom. The standard InChI is InChI=1S/C4H11N.C3H9N.C3H8.5CH4/c1-4-5(2)3;1-4(2)3;1-3-2;;;;;/h4H2,1-3H3;1-3H3;3H2,1-2H3;5*1H4. The van der Waals surface area contributed by atoms with Crippen LogP contribution in [0.25, 0.3) is 0 Å². The van der Waals surface area contributed by atoms with Crippen molar-refractivity contribution >= 4 is 0 Å². The van der Waals surface area contributed by atoms with Crippen LogP contribution >= 0.6 is 0 Å². The van der Waals surface area contributed by atoms with Gasteiger partial charge in [0.05, 0.1) is 0 Å². The summed E-state index contributed by atoms with van der Waals surface area (Å²) in [5.41, 5.74) is 0. The quantitative estimate of drug-likeness (QED) is 0.624. The Labute approximate surface area is 116 Å². The van der Waals surface area contributed by atoms with Gasteiger partial charge in [-0.15, -0.1) is 0 Å². The van der Waals surface area contributed by atoms with Crippen LogP contribution in [-0.2, 0) is 0 Å². The number of hydrogen-bond acceptors (Lipinski definition) is 2. The summed E-state index contributed by atoms with van der Waals surface area (Å²) in [6.07, 6.45) is 1.25. The fraction of sp³-hybridized carbons (Fsp3) is 1.00. The first kappa shape index (κ1) is 53.9. The molecule has 0 aromatic heterocycles. The Morgan fingerprint density at radius 1 is 0.588 bits per heavy atom. The molecule has 0 aromatic rings. The average molecular weight is 257 g/mol. The van der Waals surface area contributed by atoms with Gasteiger partial charge in [-0.25, -0.2) is 0 Å². The van der Waals surface area contributed by atoms with Gasteiger partial charge in [0, 0.05) is 0 Å². The number of hydrogen-bond donors (Lipinski definition) is 0. The van der Waals surface area contributed by atoms with Crippen LogP contribution in [-0.4, -0.2) is 51.6 Å². The van der Waals surface area contributed by atoms with Gasteiger partial charge in [-0.05, 0) is 41.8 Å². The van der Waals surface area contributed by atoms with E-state index in [1.807, 2.05) is 26.0 Å². The van der Waals surface area contributed by atoms with Gasteiger partial charge in [-0.1, -0.05) is 64.3 Å². The van der Waals surface area contributed by atoms with Crippen LogP contribution in [0.1, 0.15) is 64.3 Å². The monoisotopic (exact) mass is 256 g/mol. The highest BCUT2D eigenvalue weighted by Gasteiger charge is 1.72. The van der Waals surface area contributed by atoms with E-state index in [-0.39, 0.29) is 37.1 Å². The Morgan fingerprint density at radius 2 is 0.647 bits per heavy atom. The van der Waals surface area contributed by atoms with Crippen LogP contribution < -0.4 is 0 Å². The van der Waals surface area contributed by atoms with E-state index >= 15 is 0 Å². The van der Waals surface area contributed by atoms with Crippen molar-refractivity contribution in [2.45, 2.75) is 64.3 Å². The van der Waals surface area contributed by atoms with E-state index in [0.717, 1.165) is 6.54 Å². The summed E-state index contributed by atoms with van der Waals surface area (Å²) in [6, 6.07) is 0. The van der Waals surface area contributed by atoms with Crippen molar-refractivity contribution < 1.29 is 0 Å². The molecule has 0 aliphatic rings. The number of rotatable bonds is 1. The third-order valence-corrected chi connectivity index (χ3v) is 0.632. The summed E-state index contributed by atoms with van der Waals surface area (Å²) in [5, 5.41) is 0. The minimum Gasteiger partial charge on any atom is -0.312 e. The lowest BCUT2D eigenvalue weighted by Crippen LogP contribution is -2.08. The zero-order chi connectivity index (χ0) is 10.6. The molecule has 0 rings (SSSR count). The van der Waals surface area contributed by atoms with E-state index in [1.165, 1.54) is 6.42 Å². The van der Waals surface area contributed by atoms with E-state index in [2.05, 4.69) is 39.8 Å². The van der Waals surface area contributed by atoms with Crippen LogP contribution in [0.4, 0.5) is 0 Å². The molecule has 0 spiro atoms. The molecular formula is C15H48N2. The first-order valence-electron chi connectivity index (χ1n) is 4.67. The van der Waals surface area contributed by atoms with Gasteiger partial charge in [0.25, 0.3) is 0 Å². The molecular weight excluding hydrogens is 208 g/mol. The van der Waals surface area contributed by atoms with E-state index in [4.69, 9.17) is 0 Å². The molecule has 17 heavy (non-hydrogen) atoms. The van der Waals surface area contributed by atoms with Crippen molar-refractivity contribution in [1.82, 2.24) is 9.80 Å². The second-order valence-electron chi connectivity index (χ2n) is 3.44. The fourth-order valence-electron chi connectivity index (χ4n) is 0. The van der Waals surface area contributed by atoms with Crippen LogP contribution in [0.15, 0.2) is 0 Å². The fourth-order valence-corrected chi connectivity index (χ4v) is 0. The maximum atomic E-state index is 2.12. The van der Waals surface area contributed by atoms with Crippen molar-refractivity contribution in [2.75, 3.05) is 41.8 Å². The van der Waals surface area contributed by atoms with Gasteiger partial charge in [-0.2, -0.15) is 0 Å². The van der Waals surface area contributed by atoms with Gasteiger partial charge < -0.3 is 9.80 Å². The highest BCUT2D eigenvalue weighted by molar-refractivity contribution is 4.25. The highest BCUT2D eigenvalue weighted by atomic mass is 15.0. The summed E-state index contributed by atoms with van der Waals surface area (Å²) in [4.78, 5) is 4.12. The summed E-state index contributed by atoms with van der Waals surface area (Å²) in [7, 11) is 10.1. The lowest BCUT2D eigenvalue weighted by atomic mass is 10.6. The Hall–Kier alpha value is -0.0800. The smallest absolute Gasteiger partial charge is 0.00533 e. The summed E-state index contributed by atoms with van der Waals surface area (Å²) >= 11 is 0. The molecule has 0 aliphatic heterocycles. The Balaban J connectivity index is -0.0000000106. The molecule has 2 heteroatoms. The predicted octanol–water partition coefficient (Wildman–Crippen LogP) is 5.34. The number of nitrogens with zero attached hydrogens (tertiary/aromatic N) is 2. The summed E-state index contributed by atoms with van der Waals surface area (Å²) in [5.74, 6) is 0. The molecule has 0 N–H and O–H groups in total. The summed E-state index contributed by atoms with van der Waals surface area (Å²) < 4.78 is 0. The maximum absolute atomic E-state index is 2.12. The molecule has 0 bridgehead atoms. The molecule has 118 valence electrons. The third-order valence-electron chi connectivity index (χ3n) is 0.632.